The SMILES string of the molecule is CN(CCC#N)C(=O)Cn1cnc2cc(-c3ccc(Cl)cc3)sc2c1=O. The lowest BCUT2D eigenvalue weighted by Gasteiger charge is -2.15. The molecular formula is C18H15ClN4O2S. The summed E-state index contributed by atoms with van der Waals surface area (Å²) in [4.78, 5) is 31.5. The summed E-state index contributed by atoms with van der Waals surface area (Å²) in [6, 6.07) is 11.2. The highest BCUT2D eigenvalue weighted by Crippen LogP contribution is 2.31. The van der Waals surface area contributed by atoms with Gasteiger partial charge in [0.25, 0.3) is 5.56 Å². The smallest absolute Gasteiger partial charge is 0.271 e. The molecule has 8 heteroatoms. The van der Waals surface area contributed by atoms with E-state index in [0.717, 1.165) is 10.4 Å². The summed E-state index contributed by atoms with van der Waals surface area (Å²) >= 11 is 7.25. The van der Waals surface area contributed by atoms with Crippen molar-refractivity contribution >= 4 is 39.1 Å². The molecule has 3 aromatic rings. The molecule has 0 atom stereocenters. The van der Waals surface area contributed by atoms with Gasteiger partial charge < -0.3 is 4.90 Å². The third-order valence-electron chi connectivity index (χ3n) is 3.92. The molecule has 0 aliphatic rings. The molecule has 1 amide bonds. The number of fused-ring (bicyclic) bond motifs is 1. The number of aromatic nitrogens is 2. The van der Waals surface area contributed by atoms with Crippen LogP contribution in [0, 0.1) is 11.3 Å². The molecule has 0 aliphatic heterocycles. The standard InChI is InChI=1S/C18H15ClN4O2S/c1-22(8-2-7-20)16(24)10-23-11-21-14-9-15(26-17(14)18(23)25)12-3-5-13(19)6-4-12/h3-6,9,11H,2,8,10H2,1H3. The Morgan fingerprint density at radius 3 is 2.81 bits per heavy atom. The second-order valence-electron chi connectivity index (χ2n) is 5.73. The summed E-state index contributed by atoms with van der Waals surface area (Å²) in [5.41, 5.74) is 1.31. The van der Waals surface area contributed by atoms with Crippen molar-refractivity contribution in [1.82, 2.24) is 14.5 Å². The molecule has 0 fully saturated rings. The zero-order valence-corrected chi connectivity index (χ0v) is 15.5. The van der Waals surface area contributed by atoms with Gasteiger partial charge in [-0.15, -0.1) is 11.3 Å². The van der Waals surface area contributed by atoms with Crippen LogP contribution in [0.5, 0.6) is 0 Å². The van der Waals surface area contributed by atoms with E-state index < -0.39 is 0 Å². The lowest BCUT2D eigenvalue weighted by atomic mass is 10.2. The number of benzene rings is 1. The number of nitrogens with zero attached hydrogens (tertiary/aromatic N) is 4. The van der Waals surface area contributed by atoms with Crippen molar-refractivity contribution in [2.75, 3.05) is 13.6 Å². The van der Waals surface area contributed by atoms with Gasteiger partial charge in [0.1, 0.15) is 11.2 Å². The molecule has 0 bridgehead atoms. The van der Waals surface area contributed by atoms with E-state index in [4.69, 9.17) is 16.9 Å². The molecule has 1 aromatic carbocycles. The molecule has 26 heavy (non-hydrogen) atoms. The fraction of sp³-hybridized carbons (Fsp3) is 0.222. The molecular weight excluding hydrogens is 372 g/mol. The van der Waals surface area contributed by atoms with Gasteiger partial charge in [-0.25, -0.2) is 4.98 Å². The average Bonchev–Trinajstić information content (AvgIpc) is 3.07. The Labute approximate surface area is 158 Å². The van der Waals surface area contributed by atoms with Crippen molar-refractivity contribution in [3.05, 3.63) is 52.0 Å². The molecule has 0 unspecified atom stereocenters. The molecule has 0 aliphatic carbocycles. The predicted molar refractivity (Wildman–Crippen MR) is 102 cm³/mol. The van der Waals surface area contributed by atoms with Crippen LogP contribution in [0.25, 0.3) is 20.7 Å². The predicted octanol–water partition coefficient (Wildman–Crippen LogP) is 3.15. The summed E-state index contributed by atoms with van der Waals surface area (Å²) in [5.74, 6) is -0.238. The van der Waals surface area contributed by atoms with E-state index in [1.165, 1.54) is 27.1 Å². The van der Waals surface area contributed by atoms with Crippen LogP contribution in [0.15, 0.2) is 41.5 Å². The Morgan fingerprint density at radius 2 is 2.12 bits per heavy atom. The fourth-order valence-corrected chi connectivity index (χ4v) is 3.61. The normalized spacial score (nSPS) is 10.7. The van der Waals surface area contributed by atoms with Crippen LogP contribution < -0.4 is 5.56 Å². The Balaban J connectivity index is 1.89. The maximum Gasteiger partial charge on any atom is 0.271 e. The third kappa shape index (κ3) is 3.77. The van der Waals surface area contributed by atoms with Gasteiger partial charge in [-0.05, 0) is 23.8 Å². The minimum Gasteiger partial charge on any atom is -0.343 e. The molecule has 6 nitrogen and oxygen atoms in total. The minimum absolute atomic E-state index is 0.0993. The number of hydrogen-bond donors (Lipinski definition) is 0. The Hall–Kier alpha value is -2.69. The van der Waals surface area contributed by atoms with Crippen LogP contribution in [0.3, 0.4) is 0 Å². The van der Waals surface area contributed by atoms with Gasteiger partial charge in [0.05, 0.1) is 24.3 Å². The highest BCUT2D eigenvalue weighted by atomic mass is 35.5. The largest absolute Gasteiger partial charge is 0.343 e. The van der Waals surface area contributed by atoms with E-state index in [1.54, 1.807) is 19.2 Å². The Morgan fingerprint density at radius 1 is 1.38 bits per heavy atom. The minimum atomic E-state index is -0.248. The zero-order chi connectivity index (χ0) is 18.7. The van der Waals surface area contributed by atoms with Gasteiger partial charge >= 0.3 is 0 Å². The molecule has 0 saturated heterocycles. The number of hydrogen-bond acceptors (Lipinski definition) is 5. The molecule has 0 radical (unpaired) electrons. The van der Waals surface area contributed by atoms with Gasteiger partial charge in [0.2, 0.25) is 5.91 Å². The summed E-state index contributed by atoms with van der Waals surface area (Å²) in [6.45, 7) is 0.233. The first-order chi connectivity index (χ1) is 12.5. The average molecular weight is 387 g/mol. The van der Waals surface area contributed by atoms with Crippen molar-refractivity contribution in [2.24, 2.45) is 0 Å². The van der Waals surface area contributed by atoms with E-state index in [-0.39, 0.29) is 24.4 Å². The van der Waals surface area contributed by atoms with Crippen LogP contribution in [0.4, 0.5) is 0 Å². The van der Waals surface area contributed by atoms with Gasteiger partial charge in [-0.3, -0.25) is 14.2 Å². The van der Waals surface area contributed by atoms with Crippen LogP contribution in [-0.2, 0) is 11.3 Å². The van der Waals surface area contributed by atoms with Crippen LogP contribution in [0.1, 0.15) is 6.42 Å². The van der Waals surface area contributed by atoms with Crippen LogP contribution >= 0.6 is 22.9 Å². The van der Waals surface area contributed by atoms with Crippen molar-refractivity contribution in [3.8, 4) is 16.5 Å². The Kier molecular flexibility index (Phi) is 5.35. The maximum absolute atomic E-state index is 12.7. The number of likely N-dealkylation sites (N-methyl/N-ethyl adjacent to an activating group) is 1. The topological polar surface area (TPSA) is 79.0 Å². The van der Waals surface area contributed by atoms with Gasteiger partial charge in [0, 0.05) is 23.5 Å². The monoisotopic (exact) mass is 386 g/mol. The van der Waals surface area contributed by atoms with Crippen LogP contribution in [-0.4, -0.2) is 34.0 Å². The molecule has 3 rings (SSSR count). The quantitative estimate of drug-likeness (QED) is 0.674. The number of thiophene rings is 1. The number of rotatable bonds is 5. The third-order valence-corrected chi connectivity index (χ3v) is 5.34. The van der Waals surface area contributed by atoms with E-state index in [9.17, 15) is 9.59 Å². The van der Waals surface area contributed by atoms with Gasteiger partial charge in [0.15, 0.2) is 0 Å². The first-order valence-corrected chi connectivity index (χ1v) is 9.05. The van der Waals surface area contributed by atoms with E-state index >= 15 is 0 Å². The van der Waals surface area contributed by atoms with Gasteiger partial charge in [-0.2, -0.15) is 5.26 Å². The summed E-state index contributed by atoms with van der Waals surface area (Å²) in [6.07, 6.45) is 1.64. The van der Waals surface area contributed by atoms with Crippen molar-refractivity contribution in [3.63, 3.8) is 0 Å². The van der Waals surface area contributed by atoms with Crippen LogP contribution in [0.2, 0.25) is 5.02 Å². The van der Waals surface area contributed by atoms with Gasteiger partial charge in [-0.1, -0.05) is 23.7 Å². The number of amides is 1. The Bertz CT molecular complexity index is 1050. The molecule has 2 heterocycles. The second-order valence-corrected chi connectivity index (χ2v) is 7.22. The summed E-state index contributed by atoms with van der Waals surface area (Å²) in [5, 5.41) is 9.25. The summed E-state index contributed by atoms with van der Waals surface area (Å²) < 4.78 is 1.81. The molecule has 0 saturated carbocycles. The zero-order valence-electron chi connectivity index (χ0n) is 14.0. The van der Waals surface area contributed by atoms with Crippen molar-refractivity contribution in [1.29, 1.82) is 5.26 Å². The lowest BCUT2D eigenvalue weighted by Crippen LogP contribution is -2.34. The van der Waals surface area contributed by atoms with Crippen molar-refractivity contribution < 1.29 is 4.79 Å². The second kappa shape index (κ2) is 7.68. The highest BCUT2D eigenvalue weighted by Gasteiger charge is 2.14. The molecule has 132 valence electrons. The number of halogens is 1. The number of carbonyl (C=O) groups excluding carboxylic acids is 1. The summed E-state index contributed by atoms with van der Waals surface area (Å²) in [7, 11) is 1.61. The molecule has 0 spiro atoms. The number of carbonyl (C=O) groups is 1. The van der Waals surface area contributed by atoms with E-state index in [1.807, 2.05) is 24.3 Å². The highest BCUT2D eigenvalue weighted by molar-refractivity contribution is 7.22. The maximum atomic E-state index is 12.7. The fourth-order valence-electron chi connectivity index (χ4n) is 2.42. The first-order valence-electron chi connectivity index (χ1n) is 7.85. The van der Waals surface area contributed by atoms with E-state index in [2.05, 4.69) is 4.98 Å². The first kappa shape index (κ1) is 18.1. The number of nitriles is 1. The molecule has 0 N–H and O–H groups in total. The van der Waals surface area contributed by atoms with E-state index in [0.29, 0.717) is 21.8 Å². The molecule has 2 aromatic heterocycles. The lowest BCUT2D eigenvalue weighted by molar-refractivity contribution is -0.130. The van der Waals surface area contributed by atoms with Crippen molar-refractivity contribution in [2.45, 2.75) is 13.0 Å².